The Morgan fingerprint density at radius 3 is 1.51 bits per heavy atom. The molecule has 0 saturated carbocycles. The van der Waals surface area contributed by atoms with Crippen molar-refractivity contribution in [3.63, 3.8) is 0 Å². The van der Waals surface area contributed by atoms with Gasteiger partial charge in [0.05, 0.1) is 11.4 Å². The van der Waals surface area contributed by atoms with Crippen molar-refractivity contribution in [2.75, 3.05) is 4.90 Å². The van der Waals surface area contributed by atoms with Gasteiger partial charge in [0.1, 0.15) is 0 Å². The maximum atomic E-state index is 2.47. The number of fused-ring (bicyclic) bond motifs is 9. The van der Waals surface area contributed by atoms with Gasteiger partial charge in [0, 0.05) is 16.6 Å². The van der Waals surface area contributed by atoms with Crippen LogP contribution in [0.5, 0.6) is 0 Å². The zero-order chi connectivity index (χ0) is 36.3. The van der Waals surface area contributed by atoms with Gasteiger partial charge in [-0.05, 0) is 106 Å². The number of para-hydroxylation sites is 1. The number of nitrogens with zero attached hydrogens (tertiary/aromatic N) is 1. The van der Waals surface area contributed by atoms with Crippen molar-refractivity contribution in [1.29, 1.82) is 0 Å². The van der Waals surface area contributed by atoms with Gasteiger partial charge >= 0.3 is 0 Å². The van der Waals surface area contributed by atoms with Crippen LogP contribution >= 0.6 is 0 Å². The van der Waals surface area contributed by atoms with Crippen LogP contribution in [0.1, 0.15) is 0 Å². The van der Waals surface area contributed by atoms with E-state index in [-0.39, 0.29) is 0 Å². The predicted octanol–water partition coefficient (Wildman–Crippen LogP) is 15.4. The van der Waals surface area contributed by atoms with E-state index in [1.165, 1.54) is 86.9 Å². The van der Waals surface area contributed by atoms with E-state index in [9.17, 15) is 0 Å². The Morgan fingerprint density at radius 1 is 0.236 bits per heavy atom. The van der Waals surface area contributed by atoms with Crippen molar-refractivity contribution in [3.05, 3.63) is 212 Å². The number of benzene rings is 11. The number of rotatable bonds is 5. The summed E-state index contributed by atoms with van der Waals surface area (Å²) in [6, 6.07) is 77.9. The fourth-order valence-electron chi connectivity index (χ4n) is 8.87. The molecule has 0 amide bonds. The van der Waals surface area contributed by atoms with Gasteiger partial charge in [-0.2, -0.15) is 0 Å². The van der Waals surface area contributed by atoms with E-state index < -0.39 is 0 Å². The summed E-state index contributed by atoms with van der Waals surface area (Å²) in [6.45, 7) is 0. The molecule has 0 N–H and O–H groups in total. The highest BCUT2D eigenvalue weighted by molar-refractivity contribution is 6.21. The van der Waals surface area contributed by atoms with E-state index in [2.05, 4.69) is 217 Å². The Bertz CT molecular complexity index is 3260. The van der Waals surface area contributed by atoms with Crippen LogP contribution in [0.25, 0.3) is 86.9 Å². The molecule has 1 nitrogen and oxygen atoms in total. The first-order valence-corrected chi connectivity index (χ1v) is 19.0. The minimum atomic E-state index is 1.10. The Labute approximate surface area is 320 Å². The predicted molar refractivity (Wildman–Crippen MR) is 237 cm³/mol. The lowest BCUT2D eigenvalue weighted by Gasteiger charge is -2.30. The molecular formula is C54H35N. The molecule has 256 valence electrons. The second-order valence-corrected chi connectivity index (χ2v) is 14.4. The Hall–Kier alpha value is -7.22. The zero-order valence-electron chi connectivity index (χ0n) is 30.2. The fourth-order valence-corrected chi connectivity index (χ4v) is 8.87. The van der Waals surface area contributed by atoms with Crippen molar-refractivity contribution in [3.8, 4) is 22.3 Å². The standard InChI is InChI=1S/C54H35N/c1-4-18-41-36(14-1)17-13-26-45(41)49-24-11-12-27-53(49)55(54-34-39-16-3-6-20-43(39)44-21-9-10-25-50(44)54)40-31-28-38(29-32-40)51-35-52-42-19-5-2-15-37(42)30-33-48(52)46-22-7-8-23-47(46)51/h1-35H. The minimum absolute atomic E-state index is 1.10. The summed E-state index contributed by atoms with van der Waals surface area (Å²) in [6.07, 6.45) is 0. The Morgan fingerprint density at radius 2 is 0.745 bits per heavy atom. The molecule has 0 aromatic heterocycles. The lowest BCUT2D eigenvalue weighted by atomic mass is 9.91. The van der Waals surface area contributed by atoms with Crippen LogP contribution in [0, 0.1) is 0 Å². The summed E-state index contributed by atoms with van der Waals surface area (Å²) in [4.78, 5) is 2.47. The molecule has 0 aliphatic carbocycles. The Balaban J connectivity index is 1.16. The van der Waals surface area contributed by atoms with Crippen LogP contribution in [0.2, 0.25) is 0 Å². The van der Waals surface area contributed by atoms with Gasteiger partial charge in [0.2, 0.25) is 0 Å². The third-order valence-electron chi connectivity index (χ3n) is 11.4. The first-order chi connectivity index (χ1) is 27.3. The first kappa shape index (κ1) is 31.3. The molecule has 55 heavy (non-hydrogen) atoms. The molecular weight excluding hydrogens is 663 g/mol. The average Bonchev–Trinajstić information content (AvgIpc) is 3.26. The van der Waals surface area contributed by atoms with Gasteiger partial charge in [-0.25, -0.2) is 0 Å². The largest absolute Gasteiger partial charge is 0.309 e. The third kappa shape index (κ3) is 5.09. The normalized spacial score (nSPS) is 11.6. The van der Waals surface area contributed by atoms with Crippen molar-refractivity contribution in [1.82, 2.24) is 0 Å². The number of hydrogen-bond donors (Lipinski definition) is 0. The Kier molecular flexibility index (Phi) is 7.25. The van der Waals surface area contributed by atoms with E-state index in [1.807, 2.05) is 0 Å². The molecule has 0 bridgehead atoms. The maximum Gasteiger partial charge on any atom is 0.0546 e. The third-order valence-corrected chi connectivity index (χ3v) is 11.4. The molecule has 11 aromatic carbocycles. The molecule has 0 atom stereocenters. The highest BCUT2D eigenvalue weighted by Gasteiger charge is 2.21. The average molecular weight is 698 g/mol. The highest BCUT2D eigenvalue weighted by atomic mass is 15.1. The molecule has 11 rings (SSSR count). The molecule has 0 heterocycles. The molecule has 0 fully saturated rings. The molecule has 0 radical (unpaired) electrons. The van der Waals surface area contributed by atoms with Crippen LogP contribution in [0.15, 0.2) is 212 Å². The summed E-state index contributed by atoms with van der Waals surface area (Å²) in [5.74, 6) is 0. The van der Waals surface area contributed by atoms with Crippen LogP contribution < -0.4 is 4.90 Å². The second kappa shape index (κ2) is 12.7. The molecule has 0 aliphatic heterocycles. The van der Waals surface area contributed by atoms with Crippen molar-refractivity contribution in [2.45, 2.75) is 0 Å². The topological polar surface area (TPSA) is 3.24 Å². The maximum absolute atomic E-state index is 2.47. The van der Waals surface area contributed by atoms with E-state index in [0.29, 0.717) is 0 Å². The molecule has 1 heteroatoms. The fraction of sp³-hybridized carbons (Fsp3) is 0. The van der Waals surface area contributed by atoms with Crippen molar-refractivity contribution in [2.24, 2.45) is 0 Å². The van der Waals surface area contributed by atoms with Gasteiger partial charge < -0.3 is 4.90 Å². The van der Waals surface area contributed by atoms with Gasteiger partial charge in [0.15, 0.2) is 0 Å². The lowest BCUT2D eigenvalue weighted by Crippen LogP contribution is -2.12. The minimum Gasteiger partial charge on any atom is -0.309 e. The monoisotopic (exact) mass is 697 g/mol. The second-order valence-electron chi connectivity index (χ2n) is 14.4. The van der Waals surface area contributed by atoms with Crippen molar-refractivity contribution < 1.29 is 0 Å². The zero-order valence-corrected chi connectivity index (χ0v) is 30.2. The van der Waals surface area contributed by atoms with E-state index in [1.54, 1.807) is 0 Å². The highest BCUT2D eigenvalue weighted by Crippen LogP contribution is 2.47. The van der Waals surface area contributed by atoms with E-state index in [0.717, 1.165) is 17.1 Å². The van der Waals surface area contributed by atoms with Gasteiger partial charge in [-0.1, -0.05) is 182 Å². The number of anilines is 3. The molecule has 0 saturated heterocycles. The first-order valence-electron chi connectivity index (χ1n) is 19.0. The number of hydrogen-bond acceptors (Lipinski definition) is 1. The SMILES string of the molecule is c1ccc(N(c2ccc(-c3cc4c5ccccc5ccc4c4ccccc34)cc2)c2cc3ccccc3c3ccccc23)c(-c2cccc3ccccc23)c1. The van der Waals surface area contributed by atoms with Gasteiger partial charge in [0.25, 0.3) is 0 Å². The van der Waals surface area contributed by atoms with Crippen molar-refractivity contribution >= 4 is 81.7 Å². The summed E-state index contributed by atoms with van der Waals surface area (Å²) >= 11 is 0. The summed E-state index contributed by atoms with van der Waals surface area (Å²) in [5.41, 5.74) is 8.23. The van der Waals surface area contributed by atoms with Crippen LogP contribution in [-0.4, -0.2) is 0 Å². The molecule has 11 aromatic rings. The van der Waals surface area contributed by atoms with Crippen LogP contribution in [0.4, 0.5) is 17.1 Å². The van der Waals surface area contributed by atoms with Crippen LogP contribution in [-0.2, 0) is 0 Å². The van der Waals surface area contributed by atoms with E-state index in [4.69, 9.17) is 0 Å². The smallest absolute Gasteiger partial charge is 0.0546 e. The summed E-state index contributed by atoms with van der Waals surface area (Å²) in [5, 5.41) is 15.1. The molecule has 0 aliphatic rings. The molecule has 0 unspecified atom stereocenters. The van der Waals surface area contributed by atoms with E-state index >= 15 is 0 Å². The quantitative estimate of drug-likeness (QED) is 0.162. The summed E-state index contributed by atoms with van der Waals surface area (Å²) < 4.78 is 0. The van der Waals surface area contributed by atoms with Gasteiger partial charge in [-0.15, -0.1) is 0 Å². The molecule has 0 spiro atoms. The lowest BCUT2D eigenvalue weighted by molar-refractivity contribution is 1.30. The summed E-state index contributed by atoms with van der Waals surface area (Å²) in [7, 11) is 0. The van der Waals surface area contributed by atoms with Gasteiger partial charge in [-0.3, -0.25) is 0 Å². The van der Waals surface area contributed by atoms with Crippen LogP contribution in [0.3, 0.4) is 0 Å².